The third-order valence-electron chi connectivity index (χ3n) is 6.92. The van der Waals surface area contributed by atoms with E-state index in [2.05, 4.69) is 0 Å². The van der Waals surface area contributed by atoms with Crippen molar-refractivity contribution in [1.82, 2.24) is 9.80 Å². The van der Waals surface area contributed by atoms with Crippen molar-refractivity contribution < 1.29 is 23.9 Å². The first-order chi connectivity index (χ1) is 17.5. The first-order valence-corrected chi connectivity index (χ1v) is 12.0. The molecule has 0 N–H and O–H groups in total. The van der Waals surface area contributed by atoms with E-state index in [9.17, 15) is 19.2 Å². The van der Waals surface area contributed by atoms with Crippen LogP contribution in [0.1, 0.15) is 59.8 Å². The molecule has 2 aliphatic heterocycles. The van der Waals surface area contributed by atoms with E-state index in [1.807, 2.05) is 30.3 Å². The van der Waals surface area contributed by atoms with Gasteiger partial charge in [-0.05, 0) is 42.7 Å². The van der Waals surface area contributed by atoms with Crippen LogP contribution in [-0.4, -0.2) is 53.5 Å². The minimum Gasteiger partial charge on any atom is -0.496 e. The van der Waals surface area contributed by atoms with Gasteiger partial charge in [0.1, 0.15) is 5.75 Å². The van der Waals surface area contributed by atoms with Crippen LogP contribution in [0, 0.1) is 5.92 Å². The average Bonchev–Trinajstić information content (AvgIpc) is 3.17. The Hall–Kier alpha value is -4.26. The molecule has 7 nitrogen and oxygen atoms in total. The molecule has 2 heterocycles. The highest BCUT2D eigenvalue weighted by molar-refractivity contribution is 6.21. The van der Waals surface area contributed by atoms with Crippen LogP contribution in [0.5, 0.6) is 5.75 Å². The fourth-order valence-corrected chi connectivity index (χ4v) is 4.94. The molecule has 5 rings (SSSR count). The molecule has 0 unspecified atom stereocenters. The van der Waals surface area contributed by atoms with Crippen LogP contribution in [0.25, 0.3) is 0 Å². The molecule has 0 radical (unpaired) electrons. The lowest BCUT2D eigenvalue weighted by atomic mass is 9.88. The highest BCUT2D eigenvalue weighted by atomic mass is 16.5. The molecule has 36 heavy (non-hydrogen) atoms. The van der Waals surface area contributed by atoms with Crippen LogP contribution >= 0.6 is 0 Å². The molecule has 2 aliphatic rings. The quantitative estimate of drug-likeness (QED) is 0.388. The number of ketones is 1. The zero-order valence-electron chi connectivity index (χ0n) is 20.0. The summed E-state index contributed by atoms with van der Waals surface area (Å²) in [5.74, 6) is -0.453. The van der Waals surface area contributed by atoms with E-state index in [0.717, 1.165) is 0 Å². The standard InChI is InChI=1S/C29H26N2O5/c1-36-25-12-11-19(18-31-28(34)22-9-5-6-10-23(22)29(31)35)17-24(25)27(33)30-15-13-21(14-16-30)26(32)20-7-3-2-4-8-20/h2-12,17,21H,13-16,18H2,1H3. The Balaban J connectivity index is 1.30. The maximum absolute atomic E-state index is 13.4. The zero-order valence-corrected chi connectivity index (χ0v) is 20.0. The van der Waals surface area contributed by atoms with Crippen LogP contribution in [0.3, 0.4) is 0 Å². The number of carbonyl (C=O) groups is 4. The summed E-state index contributed by atoms with van der Waals surface area (Å²) in [5, 5.41) is 0. The second-order valence-corrected chi connectivity index (χ2v) is 9.07. The molecular formula is C29H26N2O5. The number of Topliss-reactive ketones (excluding diaryl/α,β-unsaturated/α-hetero) is 1. The Morgan fingerprint density at radius 2 is 1.47 bits per heavy atom. The second-order valence-electron chi connectivity index (χ2n) is 9.07. The van der Waals surface area contributed by atoms with Gasteiger partial charge >= 0.3 is 0 Å². The molecule has 1 saturated heterocycles. The van der Waals surface area contributed by atoms with Gasteiger partial charge in [-0.1, -0.05) is 48.5 Å². The van der Waals surface area contributed by atoms with Gasteiger partial charge in [0.25, 0.3) is 17.7 Å². The zero-order chi connectivity index (χ0) is 25.2. The van der Waals surface area contributed by atoms with Crippen LogP contribution in [0.2, 0.25) is 0 Å². The van der Waals surface area contributed by atoms with Crippen molar-refractivity contribution in [2.24, 2.45) is 5.92 Å². The van der Waals surface area contributed by atoms with Crippen LogP contribution in [-0.2, 0) is 6.54 Å². The number of methoxy groups -OCH3 is 1. The molecular weight excluding hydrogens is 456 g/mol. The molecule has 3 amide bonds. The number of benzene rings is 3. The number of nitrogens with zero attached hydrogens (tertiary/aromatic N) is 2. The Labute approximate surface area is 209 Å². The SMILES string of the molecule is COc1ccc(CN2C(=O)c3ccccc3C2=O)cc1C(=O)N1CCC(C(=O)c2ccccc2)CC1. The number of piperidine rings is 1. The summed E-state index contributed by atoms with van der Waals surface area (Å²) < 4.78 is 5.44. The Morgan fingerprint density at radius 3 is 2.08 bits per heavy atom. The van der Waals surface area contributed by atoms with E-state index < -0.39 is 0 Å². The summed E-state index contributed by atoms with van der Waals surface area (Å²) in [6, 6.07) is 21.1. The van der Waals surface area contributed by atoms with Gasteiger partial charge in [-0.25, -0.2) is 0 Å². The van der Waals surface area contributed by atoms with Gasteiger partial charge in [-0.2, -0.15) is 0 Å². The van der Waals surface area contributed by atoms with Crippen molar-refractivity contribution in [1.29, 1.82) is 0 Å². The van der Waals surface area contributed by atoms with Crippen molar-refractivity contribution in [3.8, 4) is 5.75 Å². The molecule has 1 fully saturated rings. The summed E-state index contributed by atoms with van der Waals surface area (Å²) in [6.07, 6.45) is 1.19. The van der Waals surface area contributed by atoms with E-state index in [1.165, 1.54) is 12.0 Å². The van der Waals surface area contributed by atoms with E-state index >= 15 is 0 Å². The average molecular weight is 483 g/mol. The number of ether oxygens (including phenoxy) is 1. The van der Waals surface area contributed by atoms with Crippen molar-refractivity contribution in [2.75, 3.05) is 20.2 Å². The van der Waals surface area contributed by atoms with Gasteiger partial charge in [-0.3, -0.25) is 24.1 Å². The summed E-state index contributed by atoms with van der Waals surface area (Å²) in [6.45, 7) is 0.992. The maximum atomic E-state index is 13.4. The van der Waals surface area contributed by atoms with E-state index in [0.29, 0.717) is 59.5 Å². The highest BCUT2D eigenvalue weighted by Gasteiger charge is 2.35. The number of likely N-dealkylation sites (tertiary alicyclic amines) is 1. The predicted octanol–water partition coefficient (Wildman–Crippen LogP) is 4.23. The molecule has 3 aromatic rings. The Morgan fingerprint density at radius 1 is 0.861 bits per heavy atom. The Bertz CT molecular complexity index is 1310. The summed E-state index contributed by atoms with van der Waals surface area (Å²) in [7, 11) is 1.50. The van der Waals surface area contributed by atoms with Gasteiger partial charge in [0.05, 0.1) is 30.3 Å². The lowest BCUT2D eigenvalue weighted by Crippen LogP contribution is -2.40. The fourth-order valence-electron chi connectivity index (χ4n) is 4.94. The number of carbonyl (C=O) groups excluding carboxylic acids is 4. The van der Waals surface area contributed by atoms with E-state index in [-0.39, 0.29) is 36.0 Å². The molecule has 0 saturated carbocycles. The van der Waals surface area contributed by atoms with E-state index in [1.54, 1.807) is 47.4 Å². The van der Waals surface area contributed by atoms with Gasteiger partial charge < -0.3 is 9.64 Å². The molecule has 0 spiro atoms. The van der Waals surface area contributed by atoms with Crippen LogP contribution in [0.4, 0.5) is 0 Å². The summed E-state index contributed by atoms with van der Waals surface area (Å²) in [5.41, 5.74) is 2.51. The van der Waals surface area contributed by atoms with E-state index in [4.69, 9.17) is 4.74 Å². The van der Waals surface area contributed by atoms with Crippen LogP contribution < -0.4 is 4.74 Å². The smallest absolute Gasteiger partial charge is 0.261 e. The van der Waals surface area contributed by atoms with Crippen molar-refractivity contribution in [3.63, 3.8) is 0 Å². The topological polar surface area (TPSA) is 84.0 Å². The lowest BCUT2D eigenvalue weighted by Gasteiger charge is -2.32. The number of imide groups is 1. The lowest BCUT2D eigenvalue weighted by molar-refractivity contribution is 0.0642. The number of fused-ring (bicyclic) bond motifs is 1. The van der Waals surface area contributed by atoms with Gasteiger partial charge in [-0.15, -0.1) is 0 Å². The van der Waals surface area contributed by atoms with Gasteiger partial charge in [0.2, 0.25) is 0 Å². The number of rotatable bonds is 6. The third-order valence-corrected chi connectivity index (χ3v) is 6.92. The molecule has 0 aliphatic carbocycles. The largest absolute Gasteiger partial charge is 0.496 e. The molecule has 3 aromatic carbocycles. The summed E-state index contributed by atoms with van der Waals surface area (Å²) >= 11 is 0. The third kappa shape index (κ3) is 4.28. The second kappa shape index (κ2) is 9.77. The molecule has 7 heteroatoms. The maximum Gasteiger partial charge on any atom is 0.261 e. The van der Waals surface area contributed by atoms with Gasteiger partial charge in [0.15, 0.2) is 5.78 Å². The number of hydrogen-bond donors (Lipinski definition) is 0. The molecule has 0 bridgehead atoms. The first-order valence-electron chi connectivity index (χ1n) is 12.0. The molecule has 0 aromatic heterocycles. The first kappa shape index (κ1) is 23.5. The van der Waals surface area contributed by atoms with Crippen molar-refractivity contribution in [2.45, 2.75) is 19.4 Å². The summed E-state index contributed by atoms with van der Waals surface area (Å²) in [4.78, 5) is 54.7. The normalized spacial score (nSPS) is 15.7. The number of amides is 3. The fraction of sp³-hybridized carbons (Fsp3) is 0.241. The minimum absolute atomic E-state index is 0.0598. The molecule has 0 atom stereocenters. The van der Waals surface area contributed by atoms with Crippen LogP contribution in [0.15, 0.2) is 72.8 Å². The van der Waals surface area contributed by atoms with Gasteiger partial charge in [0, 0.05) is 24.6 Å². The molecule has 182 valence electrons. The predicted molar refractivity (Wildman–Crippen MR) is 133 cm³/mol. The number of hydrogen-bond acceptors (Lipinski definition) is 5. The monoisotopic (exact) mass is 482 g/mol. The van der Waals surface area contributed by atoms with Crippen molar-refractivity contribution >= 4 is 23.5 Å². The Kier molecular flexibility index (Phi) is 6.38. The minimum atomic E-state index is -0.343. The highest BCUT2D eigenvalue weighted by Crippen LogP contribution is 2.29. The van der Waals surface area contributed by atoms with Crippen molar-refractivity contribution in [3.05, 3.63) is 101 Å².